The highest BCUT2D eigenvalue weighted by Gasteiger charge is 2.48. The molecule has 1 aliphatic heterocycles. The second kappa shape index (κ2) is 4.43. The van der Waals surface area contributed by atoms with E-state index < -0.39 is 23.7 Å². The van der Waals surface area contributed by atoms with Crippen LogP contribution in [-0.4, -0.2) is 28.8 Å². The molecule has 1 amide bonds. The Morgan fingerprint density at radius 1 is 1.38 bits per heavy atom. The molecular weight excluding hydrogens is 221 g/mol. The monoisotopic (exact) mass is 236 g/mol. The molecule has 0 aromatic rings. The first kappa shape index (κ1) is 13.0. The maximum atomic E-state index is 12.5. The molecule has 1 unspecified atom stereocenters. The van der Waals surface area contributed by atoms with Crippen LogP contribution in [0.1, 0.15) is 33.6 Å². The van der Waals surface area contributed by atoms with Gasteiger partial charge in [0.2, 0.25) is 0 Å². The lowest BCUT2D eigenvalue weighted by molar-refractivity contribution is -0.134. The Kier molecular flexibility index (Phi) is 3.60. The van der Waals surface area contributed by atoms with Crippen molar-refractivity contribution in [3.05, 3.63) is 0 Å². The minimum Gasteiger partial charge on any atom is -0.272 e. The van der Waals surface area contributed by atoms with Crippen molar-refractivity contribution in [2.24, 2.45) is 11.0 Å². The molecule has 1 heterocycles. The van der Waals surface area contributed by atoms with E-state index in [4.69, 9.17) is 0 Å². The van der Waals surface area contributed by atoms with Gasteiger partial charge in [-0.25, -0.2) is 5.01 Å². The number of hydrogen-bond donors (Lipinski definition) is 0. The lowest BCUT2D eigenvalue weighted by Gasteiger charge is -2.22. The predicted molar refractivity (Wildman–Crippen MR) is 53.9 cm³/mol. The van der Waals surface area contributed by atoms with Crippen LogP contribution in [0.5, 0.6) is 0 Å². The third-order valence-corrected chi connectivity index (χ3v) is 2.80. The smallest absolute Gasteiger partial charge is 0.272 e. The summed E-state index contributed by atoms with van der Waals surface area (Å²) in [6, 6.07) is -0.241. The van der Waals surface area contributed by atoms with E-state index in [1.165, 1.54) is 6.92 Å². The number of halogens is 3. The van der Waals surface area contributed by atoms with Crippen molar-refractivity contribution < 1.29 is 18.0 Å². The second-order valence-electron chi connectivity index (χ2n) is 3.86. The summed E-state index contributed by atoms with van der Waals surface area (Å²) in [5.74, 6) is -1.73. The standard InChI is InChI=1S/C10H15F3N2O/c1-4-7(5-2)15-9(16)6(3)8(14-15)10(11,12)13/h6-7H,4-5H2,1-3H3. The van der Waals surface area contributed by atoms with Gasteiger partial charge in [-0.15, -0.1) is 0 Å². The number of hydrazone groups is 1. The van der Waals surface area contributed by atoms with Gasteiger partial charge in [0, 0.05) is 0 Å². The molecule has 3 nitrogen and oxygen atoms in total. The highest BCUT2D eigenvalue weighted by molar-refractivity contribution is 6.10. The lowest BCUT2D eigenvalue weighted by Crippen LogP contribution is -2.35. The molecule has 1 aliphatic rings. The zero-order valence-electron chi connectivity index (χ0n) is 9.51. The van der Waals surface area contributed by atoms with Crippen molar-refractivity contribution in [2.75, 3.05) is 0 Å². The van der Waals surface area contributed by atoms with E-state index in [-0.39, 0.29) is 6.04 Å². The minimum atomic E-state index is -4.52. The molecule has 0 saturated heterocycles. The highest BCUT2D eigenvalue weighted by Crippen LogP contribution is 2.30. The Bertz CT molecular complexity index is 308. The maximum absolute atomic E-state index is 12.5. The summed E-state index contributed by atoms with van der Waals surface area (Å²) < 4.78 is 37.6. The fraction of sp³-hybridized carbons (Fsp3) is 0.800. The Labute approximate surface area is 92.3 Å². The van der Waals surface area contributed by atoms with Crippen LogP contribution < -0.4 is 0 Å². The molecule has 0 aromatic heterocycles. The molecule has 0 saturated carbocycles. The quantitative estimate of drug-likeness (QED) is 0.741. The number of carbonyl (C=O) groups is 1. The molecule has 1 rings (SSSR count). The fourth-order valence-corrected chi connectivity index (χ4v) is 1.77. The van der Waals surface area contributed by atoms with Crippen molar-refractivity contribution in [1.29, 1.82) is 0 Å². The summed E-state index contributed by atoms with van der Waals surface area (Å²) in [6.07, 6.45) is -3.32. The minimum absolute atomic E-state index is 0.241. The van der Waals surface area contributed by atoms with Gasteiger partial charge >= 0.3 is 6.18 Å². The van der Waals surface area contributed by atoms with Crippen LogP contribution in [0, 0.1) is 5.92 Å². The number of hydrogen-bond acceptors (Lipinski definition) is 2. The van der Waals surface area contributed by atoms with E-state index in [0.717, 1.165) is 5.01 Å². The highest BCUT2D eigenvalue weighted by atomic mass is 19.4. The third kappa shape index (κ3) is 2.20. The average Bonchev–Trinajstić information content (AvgIpc) is 2.47. The van der Waals surface area contributed by atoms with Gasteiger partial charge in [-0.3, -0.25) is 4.79 Å². The van der Waals surface area contributed by atoms with E-state index in [1.807, 2.05) is 13.8 Å². The first-order chi connectivity index (χ1) is 7.32. The maximum Gasteiger partial charge on any atom is 0.431 e. The Balaban J connectivity index is 2.98. The van der Waals surface area contributed by atoms with E-state index in [9.17, 15) is 18.0 Å². The molecule has 6 heteroatoms. The van der Waals surface area contributed by atoms with Gasteiger partial charge < -0.3 is 0 Å². The molecule has 0 bridgehead atoms. The topological polar surface area (TPSA) is 32.7 Å². The van der Waals surface area contributed by atoms with E-state index in [0.29, 0.717) is 12.8 Å². The van der Waals surface area contributed by atoms with Crippen LogP contribution >= 0.6 is 0 Å². The number of rotatable bonds is 3. The largest absolute Gasteiger partial charge is 0.431 e. The summed E-state index contributed by atoms with van der Waals surface area (Å²) in [5, 5.41) is 4.43. The molecule has 0 spiro atoms. The van der Waals surface area contributed by atoms with Gasteiger partial charge in [0.05, 0.1) is 12.0 Å². The molecule has 0 N–H and O–H groups in total. The van der Waals surface area contributed by atoms with Crippen molar-refractivity contribution in [1.82, 2.24) is 5.01 Å². The number of nitrogens with zero attached hydrogens (tertiary/aromatic N) is 2. The Morgan fingerprint density at radius 2 is 1.88 bits per heavy atom. The molecule has 0 radical (unpaired) electrons. The first-order valence-electron chi connectivity index (χ1n) is 5.31. The molecule has 0 aliphatic carbocycles. The molecule has 1 atom stereocenters. The molecular formula is C10H15F3N2O. The van der Waals surface area contributed by atoms with Gasteiger partial charge in [0.15, 0.2) is 5.71 Å². The van der Waals surface area contributed by atoms with Gasteiger partial charge in [0.1, 0.15) is 0 Å². The third-order valence-electron chi connectivity index (χ3n) is 2.80. The number of alkyl halides is 3. The zero-order valence-corrected chi connectivity index (χ0v) is 9.51. The second-order valence-corrected chi connectivity index (χ2v) is 3.86. The average molecular weight is 236 g/mol. The van der Waals surface area contributed by atoms with Gasteiger partial charge in [0.25, 0.3) is 5.91 Å². The van der Waals surface area contributed by atoms with E-state index >= 15 is 0 Å². The van der Waals surface area contributed by atoms with Crippen LogP contribution in [0.2, 0.25) is 0 Å². The first-order valence-corrected chi connectivity index (χ1v) is 5.31. The fourth-order valence-electron chi connectivity index (χ4n) is 1.77. The van der Waals surface area contributed by atoms with E-state index in [1.54, 1.807) is 0 Å². The van der Waals surface area contributed by atoms with E-state index in [2.05, 4.69) is 5.10 Å². The SMILES string of the molecule is CCC(CC)N1N=C(C(F)(F)F)C(C)C1=O. The zero-order chi connectivity index (χ0) is 12.5. The van der Waals surface area contributed by atoms with Crippen molar-refractivity contribution in [3.63, 3.8) is 0 Å². The summed E-state index contributed by atoms with van der Waals surface area (Å²) in [6.45, 7) is 4.90. The van der Waals surface area contributed by atoms with Crippen molar-refractivity contribution in [3.8, 4) is 0 Å². The Hall–Kier alpha value is -1.07. The predicted octanol–water partition coefficient (Wildman–Crippen LogP) is 2.57. The van der Waals surface area contributed by atoms with Crippen LogP contribution in [0.25, 0.3) is 0 Å². The normalized spacial score (nSPS) is 21.9. The van der Waals surface area contributed by atoms with Gasteiger partial charge in [-0.05, 0) is 19.8 Å². The van der Waals surface area contributed by atoms with Crippen molar-refractivity contribution >= 4 is 11.6 Å². The van der Waals surface area contributed by atoms with Crippen LogP contribution in [0.3, 0.4) is 0 Å². The van der Waals surface area contributed by atoms with Crippen molar-refractivity contribution in [2.45, 2.75) is 45.8 Å². The molecule has 92 valence electrons. The number of amides is 1. The summed E-state index contributed by atoms with van der Waals surface area (Å²) in [7, 11) is 0. The Morgan fingerprint density at radius 3 is 2.19 bits per heavy atom. The molecule has 0 aromatic carbocycles. The lowest BCUT2D eigenvalue weighted by atomic mass is 10.0. The van der Waals surface area contributed by atoms with Gasteiger partial charge in [-0.2, -0.15) is 18.3 Å². The van der Waals surface area contributed by atoms with Gasteiger partial charge in [-0.1, -0.05) is 13.8 Å². The summed E-state index contributed by atoms with van der Waals surface area (Å²) in [5.41, 5.74) is -0.982. The summed E-state index contributed by atoms with van der Waals surface area (Å²) in [4.78, 5) is 11.6. The van der Waals surface area contributed by atoms with Crippen LogP contribution in [0.15, 0.2) is 5.10 Å². The van der Waals surface area contributed by atoms with Crippen LogP contribution in [-0.2, 0) is 4.79 Å². The summed E-state index contributed by atoms with van der Waals surface area (Å²) >= 11 is 0. The van der Waals surface area contributed by atoms with Crippen LogP contribution in [0.4, 0.5) is 13.2 Å². The molecule has 16 heavy (non-hydrogen) atoms. The molecule has 0 fully saturated rings. The number of carbonyl (C=O) groups excluding carboxylic acids is 1.